The normalized spacial score (nSPS) is 11.7. The summed E-state index contributed by atoms with van der Waals surface area (Å²) in [4.78, 5) is 28.1. The summed E-state index contributed by atoms with van der Waals surface area (Å²) in [6, 6.07) is 2.76. The van der Waals surface area contributed by atoms with Gasteiger partial charge in [-0.15, -0.1) is 0 Å². The molecule has 0 bridgehead atoms. The molecule has 0 N–H and O–H groups in total. The Morgan fingerprint density at radius 1 is 1.50 bits per heavy atom. The van der Waals surface area contributed by atoms with Crippen molar-refractivity contribution in [2.45, 2.75) is 19.9 Å². The number of carbonyl (C=O) groups is 2. The van der Waals surface area contributed by atoms with Gasteiger partial charge in [-0.05, 0) is 19.1 Å². The van der Waals surface area contributed by atoms with E-state index in [0.717, 1.165) is 0 Å². The molecule has 0 aromatic carbocycles. The number of ether oxygens (including phenoxy) is 1. The number of anilines is 1. The van der Waals surface area contributed by atoms with Gasteiger partial charge in [0.15, 0.2) is 0 Å². The van der Waals surface area contributed by atoms with Gasteiger partial charge in [0.1, 0.15) is 6.04 Å². The fourth-order valence-electron chi connectivity index (χ4n) is 1.45. The molecular weight excluding hydrogens is 208 g/mol. The Balaban J connectivity index is 3.01. The number of aromatic nitrogens is 1. The molecule has 0 aliphatic rings. The van der Waals surface area contributed by atoms with Crippen LogP contribution in [-0.2, 0) is 14.3 Å². The average Bonchev–Trinajstić information content (AvgIpc) is 2.29. The molecule has 1 aromatic heterocycles. The van der Waals surface area contributed by atoms with Crippen molar-refractivity contribution in [3.8, 4) is 0 Å². The van der Waals surface area contributed by atoms with Crippen LogP contribution in [0.1, 0.15) is 13.8 Å². The summed E-state index contributed by atoms with van der Waals surface area (Å²) in [7, 11) is 1.29. The van der Waals surface area contributed by atoms with E-state index in [1.807, 2.05) is 0 Å². The van der Waals surface area contributed by atoms with Gasteiger partial charge in [0, 0.05) is 13.1 Å². The molecule has 1 amide bonds. The lowest BCUT2D eigenvalue weighted by molar-refractivity contribution is -0.142. The van der Waals surface area contributed by atoms with Gasteiger partial charge in [0.05, 0.1) is 19.0 Å². The first-order valence-corrected chi connectivity index (χ1v) is 4.85. The quantitative estimate of drug-likeness (QED) is 0.716. The predicted molar refractivity (Wildman–Crippen MR) is 58.9 cm³/mol. The summed E-state index contributed by atoms with van der Waals surface area (Å²) in [6.07, 6.45) is 3.13. The number of amides is 1. The Labute approximate surface area is 94.0 Å². The van der Waals surface area contributed by atoms with Crippen molar-refractivity contribution in [2.75, 3.05) is 12.0 Å². The molecule has 86 valence electrons. The van der Waals surface area contributed by atoms with E-state index >= 15 is 0 Å². The predicted octanol–water partition coefficient (Wildman–Crippen LogP) is 0.996. The third-order valence-electron chi connectivity index (χ3n) is 2.19. The summed E-state index contributed by atoms with van der Waals surface area (Å²) >= 11 is 0. The highest BCUT2D eigenvalue weighted by atomic mass is 16.5. The Hall–Kier alpha value is -1.91. The second-order valence-corrected chi connectivity index (χ2v) is 3.30. The minimum absolute atomic E-state index is 0.231. The Bertz CT molecular complexity index is 378. The van der Waals surface area contributed by atoms with Crippen LogP contribution in [0.15, 0.2) is 24.5 Å². The van der Waals surface area contributed by atoms with E-state index in [1.54, 1.807) is 25.3 Å². The zero-order valence-electron chi connectivity index (χ0n) is 9.51. The second-order valence-electron chi connectivity index (χ2n) is 3.30. The van der Waals surface area contributed by atoms with Crippen LogP contribution in [0.5, 0.6) is 0 Å². The first kappa shape index (κ1) is 12.2. The van der Waals surface area contributed by atoms with Crippen molar-refractivity contribution >= 4 is 17.6 Å². The van der Waals surface area contributed by atoms with E-state index in [0.29, 0.717) is 5.69 Å². The van der Waals surface area contributed by atoms with Crippen molar-refractivity contribution in [3.05, 3.63) is 24.5 Å². The van der Waals surface area contributed by atoms with Crippen LogP contribution in [0, 0.1) is 0 Å². The lowest BCUT2D eigenvalue weighted by Crippen LogP contribution is -2.42. The van der Waals surface area contributed by atoms with Gasteiger partial charge in [-0.1, -0.05) is 0 Å². The first-order chi connectivity index (χ1) is 7.57. The van der Waals surface area contributed by atoms with Gasteiger partial charge < -0.3 is 4.74 Å². The van der Waals surface area contributed by atoms with E-state index < -0.39 is 12.0 Å². The number of rotatable bonds is 3. The van der Waals surface area contributed by atoms with E-state index in [9.17, 15) is 9.59 Å². The standard InChI is InChI=1S/C11H14N2O3/c1-8(11(15)16-3)13(9(2)14)10-5-4-6-12-7-10/h4-8H,1-3H3/t8-/m0/s1. The molecule has 0 spiro atoms. The van der Waals surface area contributed by atoms with Crippen molar-refractivity contribution < 1.29 is 14.3 Å². The molecule has 0 fully saturated rings. The summed E-state index contributed by atoms with van der Waals surface area (Å²) < 4.78 is 4.61. The molecule has 0 aliphatic heterocycles. The highest BCUT2D eigenvalue weighted by Gasteiger charge is 2.25. The topological polar surface area (TPSA) is 59.5 Å². The average molecular weight is 222 g/mol. The third-order valence-corrected chi connectivity index (χ3v) is 2.19. The summed E-state index contributed by atoms with van der Waals surface area (Å²) in [5.41, 5.74) is 0.577. The molecule has 0 unspecified atom stereocenters. The number of pyridine rings is 1. The molecule has 0 saturated carbocycles. The highest BCUT2D eigenvalue weighted by molar-refractivity contribution is 5.97. The maximum Gasteiger partial charge on any atom is 0.328 e. The maximum absolute atomic E-state index is 11.5. The highest BCUT2D eigenvalue weighted by Crippen LogP contribution is 2.16. The Morgan fingerprint density at radius 3 is 2.62 bits per heavy atom. The van der Waals surface area contributed by atoms with Crippen molar-refractivity contribution in [2.24, 2.45) is 0 Å². The van der Waals surface area contributed by atoms with E-state index in [2.05, 4.69) is 9.72 Å². The first-order valence-electron chi connectivity index (χ1n) is 4.85. The maximum atomic E-state index is 11.5. The molecule has 5 heteroatoms. The molecule has 1 rings (SSSR count). The molecule has 1 atom stereocenters. The second kappa shape index (κ2) is 5.25. The van der Waals surface area contributed by atoms with Crippen LogP contribution in [0.2, 0.25) is 0 Å². The Morgan fingerprint density at radius 2 is 2.19 bits per heavy atom. The molecule has 1 aromatic rings. The monoisotopic (exact) mass is 222 g/mol. The number of carbonyl (C=O) groups excluding carboxylic acids is 2. The van der Waals surface area contributed by atoms with Crippen LogP contribution in [0.3, 0.4) is 0 Å². The lowest BCUT2D eigenvalue weighted by Gasteiger charge is -2.25. The van der Waals surface area contributed by atoms with Gasteiger partial charge >= 0.3 is 5.97 Å². The number of nitrogens with zero attached hydrogens (tertiary/aromatic N) is 2. The van der Waals surface area contributed by atoms with Crippen molar-refractivity contribution in [1.82, 2.24) is 4.98 Å². The fraction of sp³-hybridized carbons (Fsp3) is 0.364. The Kier molecular flexibility index (Phi) is 3.99. The van der Waals surface area contributed by atoms with Crippen LogP contribution in [0.4, 0.5) is 5.69 Å². The molecule has 0 saturated heterocycles. The van der Waals surface area contributed by atoms with Crippen LogP contribution < -0.4 is 4.90 Å². The van der Waals surface area contributed by atoms with E-state index in [-0.39, 0.29) is 5.91 Å². The number of hydrogen-bond donors (Lipinski definition) is 0. The van der Waals surface area contributed by atoms with E-state index in [4.69, 9.17) is 0 Å². The van der Waals surface area contributed by atoms with Crippen LogP contribution >= 0.6 is 0 Å². The number of hydrogen-bond acceptors (Lipinski definition) is 4. The molecule has 16 heavy (non-hydrogen) atoms. The minimum atomic E-state index is -0.660. The molecule has 1 heterocycles. The zero-order valence-corrected chi connectivity index (χ0v) is 9.51. The summed E-state index contributed by atoms with van der Waals surface area (Å²) in [5.74, 6) is -0.690. The van der Waals surface area contributed by atoms with Gasteiger partial charge in [0.25, 0.3) is 0 Å². The minimum Gasteiger partial charge on any atom is -0.467 e. The van der Waals surface area contributed by atoms with Gasteiger partial charge in [-0.3, -0.25) is 14.7 Å². The smallest absolute Gasteiger partial charge is 0.328 e. The molecule has 0 radical (unpaired) electrons. The van der Waals surface area contributed by atoms with E-state index in [1.165, 1.54) is 25.1 Å². The zero-order chi connectivity index (χ0) is 12.1. The largest absolute Gasteiger partial charge is 0.467 e. The number of esters is 1. The van der Waals surface area contributed by atoms with Crippen molar-refractivity contribution in [1.29, 1.82) is 0 Å². The fourth-order valence-corrected chi connectivity index (χ4v) is 1.45. The SMILES string of the molecule is COC(=O)[C@H](C)N(C(C)=O)c1cccnc1. The van der Waals surface area contributed by atoms with Gasteiger partial charge in [0.2, 0.25) is 5.91 Å². The van der Waals surface area contributed by atoms with Crippen LogP contribution in [0.25, 0.3) is 0 Å². The molecule has 5 nitrogen and oxygen atoms in total. The summed E-state index contributed by atoms with van der Waals surface area (Å²) in [5, 5.41) is 0. The van der Waals surface area contributed by atoms with Crippen LogP contribution in [-0.4, -0.2) is 30.0 Å². The molecule has 0 aliphatic carbocycles. The number of methoxy groups -OCH3 is 1. The lowest BCUT2D eigenvalue weighted by atomic mass is 10.2. The third kappa shape index (κ3) is 2.56. The van der Waals surface area contributed by atoms with Gasteiger partial charge in [-0.2, -0.15) is 0 Å². The molecular formula is C11H14N2O3. The summed E-state index contributed by atoms with van der Waals surface area (Å²) in [6.45, 7) is 3.01. The van der Waals surface area contributed by atoms with Gasteiger partial charge in [-0.25, -0.2) is 4.79 Å². The van der Waals surface area contributed by atoms with Crippen molar-refractivity contribution in [3.63, 3.8) is 0 Å².